The molecule has 1 aliphatic rings. The third-order valence-corrected chi connectivity index (χ3v) is 5.81. The summed E-state index contributed by atoms with van der Waals surface area (Å²) in [5.41, 5.74) is 2.66. The predicted octanol–water partition coefficient (Wildman–Crippen LogP) is 4.40. The first-order valence-electron chi connectivity index (χ1n) is 10.7. The third-order valence-electron chi connectivity index (χ3n) is 5.81. The second-order valence-electron chi connectivity index (χ2n) is 7.93. The molecule has 3 heterocycles. The van der Waals surface area contributed by atoms with Crippen molar-refractivity contribution in [1.29, 1.82) is 0 Å². The fourth-order valence-electron chi connectivity index (χ4n) is 4.10. The Labute approximate surface area is 186 Å². The molecule has 6 nitrogen and oxygen atoms in total. The van der Waals surface area contributed by atoms with Crippen molar-refractivity contribution >= 4 is 22.7 Å². The highest BCUT2D eigenvalue weighted by atomic mass is 16.3. The highest BCUT2D eigenvalue weighted by Crippen LogP contribution is 2.27. The number of aryl methyl sites for hydroxylation is 1. The second kappa shape index (κ2) is 8.30. The maximum atomic E-state index is 13.5. The number of hydrogen-bond acceptors (Lipinski definition) is 4. The summed E-state index contributed by atoms with van der Waals surface area (Å²) in [5, 5.41) is 0.812. The lowest BCUT2D eigenvalue weighted by atomic mass is 10.0. The van der Waals surface area contributed by atoms with Gasteiger partial charge >= 0.3 is 0 Å². The fourth-order valence-corrected chi connectivity index (χ4v) is 4.10. The van der Waals surface area contributed by atoms with E-state index in [0.29, 0.717) is 48.8 Å². The molecule has 1 aliphatic heterocycles. The number of rotatable bonds is 3. The van der Waals surface area contributed by atoms with Gasteiger partial charge in [-0.2, -0.15) is 0 Å². The smallest absolute Gasteiger partial charge is 0.254 e. The number of piperazine rings is 1. The number of carbonyl (C=O) groups is 2. The Bertz CT molecular complexity index is 1290. The summed E-state index contributed by atoms with van der Waals surface area (Å²) in [6, 6.07) is 22.5. The zero-order valence-electron chi connectivity index (χ0n) is 17.8. The Morgan fingerprint density at radius 2 is 1.47 bits per heavy atom. The summed E-state index contributed by atoms with van der Waals surface area (Å²) in [6.07, 6.45) is 0. The molecule has 32 heavy (non-hydrogen) atoms. The normalized spacial score (nSPS) is 14.0. The van der Waals surface area contributed by atoms with Gasteiger partial charge in [0.05, 0.1) is 11.1 Å². The van der Waals surface area contributed by atoms with Gasteiger partial charge in [0, 0.05) is 37.1 Å². The summed E-state index contributed by atoms with van der Waals surface area (Å²) in [4.78, 5) is 34.6. The quantitative estimate of drug-likeness (QED) is 0.488. The average molecular weight is 425 g/mol. The lowest BCUT2D eigenvalue weighted by molar-refractivity contribution is 0.0536. The molecule has 0 unspecified atom stereocenters. The summed E-state index contributed by atoms with van der Waals surface area (Å²) in [6.45, 7) is 3.87. The summed E-state index contributed by atoms with van der Waals surface area (Å²) < 4.78 is 5.75. The van der Waals surface area contributed by atoms with E-state index >= 15 is 0 Å². The number of nitrogens with zero attached hydrogens (tertiary/aromatic N) is 3. The SMILES string of the molecule is Cc1ccc(-c2cc(C(=O)N3CCN(C(=O)c4ccccc4)CC3)c3ccccc3n2)o1. The van der Waals surface area contributed by atoms with Crippen LogP contribution in [-0.2, 0) is 0 Å². The number of benzene rings is 2. The molecule has 160 valence electrons. The number of carbonyl (C=O) groups excluding carboxylic acids is 2. The number of furan rings is 1. The maximum absolute atomic E-state index is 13.5. The van der Waals surface area contributed by atoms with Crippen molar-refractivity contribution in [3.05, 3.63) is 89.7 Å². The van der Waals surface area contributed by atoms with Crippen molar-refractivity contribution in [2.45, 2.75) is 6.92 Å². The number of aromatic nitrogens is 1. The van der Waals surface area contributed by atoms with Gasteiger partial charge in [-0.05, 0) is 43.3 Å². The van der Waals surface area contributed by atoms with Crippen LogP contribution >= 0.6 is 0 Å². The second-order valence-corrected chi connectivity index (χ2v) is 7.93. The molecular weight excluding hydrogens is 402 g/mol. The van der Waals surface area contributed by atoms with Crippen LogP contribution in [0.15, 0.2) is 77.2 Å². The predicted molar refractivity (Wildman–Crippen MR) is 122 cm³/mol. The van der Waals surface area contributed by atoms with Crippen molar-refractivity contribution in [3.63, 3.8) is 0 Å². The zero-order chi connectivity index (χ0) is 22.1. The number of pyridine rings is 1. The van der Waals surface area contributed by atoms with E-state index in [9.17, 15) is 9.59 Å². The Balaban J connectivity index is 1.40. The van der Waals surface area contributed by atoms with Crippen molar-refractivity contribution in [3.8, 4) is 11.5 Å². The highest BCUT2D eigenvalue weighted by molar-refractivity contribution is 6.07. The van der Waals surface area contributed by atoms with Gasteiger partial charge in [-0.15, -0.1) is 0 Å². The molecule has 0 radical (unpaired) electrons. The molecule has 4 aromatic rings. The van der Waals surface area contributed by atoms with Crippen LogP contribution in [0.1, 0.15) is 26.5 Å². The average Bonchev–Trinajstić information content (AvgIpc) is 3.29. The molecule has 2 aromatic carbocycles. The van der Waals surface area contributed by atoms with Crippen molar-refractivity contribution in [1.82, 2.24) is 14.8 Å². The minimum Gasteiger partial charge on any atom is -0.460 e. The lowest BCUT2D eigenvalue weighted by Crippen LogP contribution is -2.50. The Hall–Kier alpha value is -3.93. The van der Waals surface area contributed by atoms with E-state index in [2.05, 4.69) is 0 Å². The molecule has 0 saturated carbocycles. The Morgan fingerprint density at radius 3 is 2.16 bits per heavy atom. The number of amides is 2. The first kappa shape index (κ1) is 20.0. The van der Waals surface area contributed by atoms with E-state index in [0.717, 1.165) is 16.7 Å². The molecule has 0 spiro atoms. The van der Waals surface area contributed by atoms with Crippen LogP contribution in [0.25, 0.3) is 22.4 Å². The van der Waals surface area contributed by atoms with Gasteiger partial charge < -0.3 is 14.2 Å². The van der Waals surface area contributed by atoms with Gasteiger partial charge in [0.1, 0.15) is 11.5 Å². The Morgan fingerprint density at radius 1 is 0.812 bits per heavy atom. The van der Waals surface area contributed by atoms with Crippen molar-refractivity contribution < 1.29 is 14.0 Å². The van der Waals surface area contributed by atoms with Gasteiger partial charge in [-0.1, -0.05) is 36.4 Å². The molecule has 2 amide bonds. The molecular formula is C26H23N3O3. The van der Waals surface area contributed by atoms with Crippen LogP contribution in [0.4, 0.5) is 0 Å². The first-order chi connectivity index (χ1) is 15.6. The lowest BCUT2D eigenvalue weighted by Gasteiger charge is -2.35. The molecule has 0 bridgehead atoms. The molecule has 5 rings (SSSR count). The van der Waals surface area contributed by atoms with E-state index < -0.39 is 0 Å². The van der Waals surface area contributed by atoms with E-state index in [-0.39, 0.29) is 11.8 Å². The largest absolute Gasteiger partial charge is 0.460 e. The highest BCUT2D eigenvalue weighted by Gasteiger charge is 2.27. The van der Waals surface area contributed by atoms with Crippen molar-refractivity contribution in [2.75, 3.05) is 26.2 Å². The van der Waals surface area contributed by atoms with Crippen LogP contribution in [0.3, 0.4) is 0 Å². The van der Waals surface area contributed by atoms with E-state index in [1.54, 1.807) is 4.90 Å². The van der Waals surface area contributed by atoms with Crippen molar-refractivity contribution in [2.24, 2.45) is 0 Å². The first-order valence-corrected chi connectivity index (χ1v) is 10.7. The van der Waals surface area contributed by atoms with E-state index in [1.165, 1.54) is 0 Å². The molecule has 1 fully saturated rings. The summed E-state index contributed by atoms with van der Waals surface area (Å²) in [7, 11) is 0. The van der Waals surface area contributed by atoms with Gasteiger partial charge in [0.25, 0.3) is 11.8 Å². The molecule has 6 heteroatoms. The van der Waals surface area contributed by atoms with Gasteiger partial charge in [-0.3, -0.25) is 9.59 Å². The molecule has 2 aromatic heterocycles. The zero-order valence-corrected chi connectivity index (χ0v) is 17.8. The third kappa shape index (κ3) is 3.75. The summed E-state index contributed by atoms with van der Waals surface area (Å²) >= 11 is 0. The van der Waals surface area contributed by atoms with E-state index in [1.807, 2.05) is 84.6 Å². The minimum absolute atomic E-state index is 0.00235. The standard InChI is InChI=1S/C26H23N3O3/c1-18-11-12-24(32-18)23-17-21(20-9-5-6-10-22(20)27-23)26(31)29-15-13-28(14-16-29)25(30)19-7-3-2-4-8-19/h2-12,17H,13-16H2,1H3. The minimum atomic E-state index is -0.0556. The van der Waals surface area contributed by atoms with Gasteiger partial charge in [0.15, 0.2) is 5.76 Å². The monoisotopic (exact) mass is 425 g/mol. The number of para-hydroxylation sites is 1. The van der Waals surface area contributed by atoms with Crippen LogP contribution in [-0.4, -0.2) is 52.8 Å². The van der Waals surface area contributed by atoms with Crippen LogP contribution < -0.4 is 0 Å². The molecule has 1 saturated heterocycles. The van der Waals surface area contributed by atoms with Gasteiger partial charge in [-0.25, -0.2) is 4.98 Å². The van der Waals surface area contributed by atoms with E-state index in [4.69, 9.17) is 9.40 Å². The molecule has 0 N–H and O–H groups in total. The van der Waals surface area contributed by atoms with Crippen LogP contribution in [0.5, 0.6) is 0 Å². The Kier molecular flexibility index (Phi) is 5.19. The molecule has 0 aliphatic carbocycles. The summed E-state index contributed by atoms with van der Waals surface area (Å²) in [5.74, 6) is 1.38. The van der Waals surface area contributed by atoms with Crippen LogP contribution in [0.2, 0.25) is 0 Å². The van der Waals surface area contributed by atoms with Gasteiger partial charge in [0.2, 0.25) is 0 Å². The molecule has 0 atom stereocenters. The van der Waals surface area contributed by atoms with Crippen LogP contribution in [0, 0.1) is 6.92 Å². The topological polar surface area (TPSA) is 66.7 Å². The maximum Gasteiger partial charge on any atom is 0.254 e. The number of fused-ring (bicyclic) bond motifs is 1. The number of hydrogen-bond donors (Lipinski definition) is 0. The fraction of sp³-hybridized carbons (Fsp3) is 0.192.